The molecule has 2 rings (SSSR count). The van der Waals surface area contributed by atoms with Crippen LogP contribution in [-0.4, -0.2) is 22.4 Å². The Kier molecular flexibility index (Phi) is 5.40. The summed E-state index contributed by atoms with van der Waals surface area (Å²) in [6.07, 6.45) is -0.639. The summed E-state index contributed by atoms with van der Waals surface area (Å²) >= 11 is 5.59. The van der Waals surface area contributed by atoms with E-state index in [1.165, 1.54) is 18.5 Å². The van der Waals surface area contributed by atoms with Gasteiger partial charge in [-0.3, -0.25) is 4.79 Å². The van der Waals surface area contributed by atoms with Crippen LogP contribution in [0.1, 0.15) is 15.9 Å². The van der Waals surface area contributed by atoms with Crippen molar-refractivity contribution in [2.45, 2.75) is 6.18 Å². The van der Waals surface area contributed by atoms with Gasteiger partial charge in [0.05, 0.1) is 16.8 Å². The van der Waals surface area contributed by atoms with E-state index in [0.717, 1.165) is 12.1 Å². The van der Waals surface area contributed by atoms with Crippen molar-refractivity contribution in [3.8, 4) is 0 Å². The van der Waals surface area contributed by atoms with E-state index in [0.29, 0.717) is 6.54 Å². The number of nitrogens with zero attached hydrogens (tertiary/aromatic N) is 2. The van der Waals surface area contributed by atoms with Crippen molar-refractivity contribution in [3.05, 3.63) is 59.4 Å². The number of carbonyl (C=O) groups is 1. The summed E-state index contributed by atoms with van der Waals surface area (Å²) in [6, 6.07) is 3.09. The fourth-order valence-corrected chi connectivity index (χ4v) is 1.93. The van der Waals surface area contributed by atoms with Gasteiger partial charge in [0, 0.05) is 24.0 Å². The lowest BCUT2D eigenvalue weighted by Crippen LogP contribution is -2.17. The van der Waals surface area contributed by atoms with Crippen LogP contribution in [-0.2, 0) is 6.18 Å². The number of rotatable bonds is 5. The van der Waals surface area contributed by atoms with Crippen LogP contribution in [0.4, 0.5) is 24.8 Å². The first-order valence-corrected chi connectivity index (χ1v) is 7.04. The lowest BCUT2D eigenvalue weighted by Gasteiger charge is -2.14. The molecular weight excluding hydrogens is 345 g/mol. The monoisotopic (exact) mass is 356 g/mol. The minimum absolute atomic E-state index is 0.0160. The van der Waals surface area contributed by atoms with Crippen molar-refractivity contribution in [2.75, 3.05) is 17.2 Å². The van der Waals surface area contributed by atoms with Gasteiger partial charge in [0.2, 0.25) is 5.95 Å². The molecule has 0 spiro atoms. The van der Waals surface area contributed by atoms with E-state index < -0.39 is 23.3 Å². The molecule has 126 valence electrons. The number of aromatic nitrogens is 2. The molecule has 0 saturated carbocycles. The molecule has 0 bridgehead atoms. The molecular formula is C15H12ClF3N4O. The number of carbonyl (C=O) groups excluding carboxylic acids is 1. The predicted octanol–water partition coefficient (Wildman–Crippen LogP) is 4.00. The summed E-state index contributed by atoms with van der Waals surface area (Å²) in [4.78, 5) is 19.9. The van der Waals surface area contributed by atoms with Crippen LogP contribution in [0.25, 0.3) is 0 Å². The minimum Gasteiger partial charge on any atom is -0.351 e. The maximum Gasteiger partial charge on any atom is 0.418 e. The van der Waals surface area contributed by atoms with Crippen LogP contribution < -0.4 is 10.6 Å². The summed E-state index contributed by atoms with van der Waals surface area (Å²) in [5, 5.41) is 4.92. The van der Waals surface area contributed by atoms with Gasteiger partial charge in [-0.05, 0) is 18.2 Å². The Bertz CT molecular complexity index is 747. The summed E-state index contributed by atoms with van der Waals surface area (Å²) < 4.78 is 39.0. The van der Waals surface area contributed by atoms with Crippen LogP contribution in [0.5, 0.6) is 0 Å². The van der Waals surface area contributed by atoms with Gasteiger partial charge >= 0.3 is 6.18 Å². The topological polar surface area (TPSA) is 66.9 Å². The third kappa shape index (κ3) is 4.45. The molecule has 5 nitrogen and oxygen atoms in total. The van der Waals surface area contributed by atoms with E-state index in [2.05, 4.69) is 27.2 Å². The molecule has 0 saturated heterocycles. The molecule has 2 aromatic rings. The first-order valence-electron chi connectivity index (χ1n) is 6.66. The summed E-state index contributed by atoms with van der Waals surface area (Å²) in [5.74, 6) is -0.494. The summed E-state index contributed by atoms with van der Waals surface area (Å²) in [7, 11) is 0. The fraction of sp³-hybridized carbons (Fsp3) is 0.133. The maximum atomic E-state index is 13.0. The van der Waals surface area contributed by atoms with E-state index in [-0.39, 0.29) is 16.5 Å². The van der Waals surface area contributed by atoms with Crippen molar-refractivity contribution < 1.29 is 18.0 Å². The minimum atomic E-state index is -4.65. The zero-order valence-corrected chi connectivity index (χ0v) is 12.9. The Morgan fingerprint density at radius 3 is 2.54 bits per heavy atom. The highest BCUT2D eigenvalue weighted by Gasteiger charge is 2.34. The molecule has 1 amide bonds. The second-order valence-corrected chi connectivity index (χ2v) is 5.04. The second-order valence-electron chi connectivity index (χ2n) is 4.61. The van der Waals surface area contributed by atoms with Gasteiger partial charge in [-0.1, -0.05) is 17.7 Å². The number of amides is 1. The second kappa shape index (κ2) is 7.31. The van der Waals surface area contributed by atoms with Crippen LogP contribution in [0.15, 0.2) is 43.2 Å². The summed E-state index contributed by atoms with van der Waals surface area (Å²) in [6.45, 7) is 3.95. The highest BCUT2D eigenvalue weighted by Crippen LogP contribution is 2.36. The first kappa shape index (κ1) is 17.7. The molecule has 0 unspecified atom stereocenters. The molecule has 2 N–H and O–H groups in total. The van der Waals surface area contributed by atoms with E-state index in [9.17, 15) is 18.0 Å². The van der Waals surface area contributed by atoms with Gasteiger partial charge in [-0.2, -0.15) is 13.2 Å². The van der Waals surface area contributed by atoms with Crippen LogP contribution in [0, 0.1) is 0 Å². The zero-order chi connectivity index (χ0) is 17.7. The van der Waals surface area contributed by atoms with Crippen molar-refractivity contribution in [3.63, 3.8) is 0 Å². The average molecular weight is 357 g/mol. The van der Waals surface area contributed by atoms with Gasteiger partial charge in [0.1, 0.15) is 0 Å². The van der Waals surface area contributed by atoms with Crippen LogP contribution >= 0.6 is 11.6 Å². The predicted molar refractivity (Wildman–Crippen MR) is 85.1 cm³/mol. The Balaban J connectivity index is 2.19. The molecule has 24 heavy (non-hydrogen) atoms. The highest BCUT2D eigenvalue weighted by atomic mass is 35.5. The number of anilines is 2. The first-order chi connectivity index (χ1) is 11.3. The van der Waals surface area contributed by atoms with Crippen molar-refractivity contribution >= 4 is 29.1 Å². The molecule has 1 aromatic carbocycles. The number of halogens is 4. The van der Waals surface area contributed by atoms with Crippen LogP contribution in [0.2, 0.25) is 5.02 Å². The molecule has 0 aliphatic carbocycles. The largest absolute Gasteiger partial charge is 0.418 e. The standard InChI is InChI=1S/C15H12ClF3N4O/c1-2-5-20-14-21-7-9(8-22-14)13(24)23-12-4-3-10(16)6-11(12)15(17,18)19/h2-4,6-8H,1,5H2,(H,23,24)(H,20,21,22). The van der Waals surface area contributed by atoms with Gasteiger partial charge in [-0.15, -0.1) is 6.58 Å². The Morgan fingerprint density at radius 1 is 1.29 bits per heavy atom. The third-order valence-electron chi connectivity index (χ3n) is 2.85. The lowest BCUT2D eigenvalue weighted by atomic mass is 10.1. The Labute approximate surface area is 140 Å². The maximum absolute atomic E-state index is 13.0. The third-order valence-corrected chi connectivity index (χ3v) is 3.09. The number of alkyl halides is 3. The molecule has 1 aromatic heterocycles. The van der Waals surface area contributed by atoms with Crippen molar-refractivity contribution in [1.82, 2.24) is 9.97 Å². The smallest absolute Gasteiger partial charge is 0.351 e. The van der Waals surface area contributed by atoms with E-state index in [4.69, 9.17) is 11.6 Å². The van der Waals surface area contributed by atoms with Gasteiger partial charge in [0.25, 0.3) is 5.91 Å². The zero-order valence-electron chi connectivity index (χ0n) is 12.2. The number of nitrogens with one attached hydrogen (secondary N) is 2. The van der Waals surface area contributed by atoms with Crippen molar-refractivity contribution in [2.24, 2.45) is 0 Å². The van der Waals surface area contributed by atoms with Gasteiger partial charge in [-0.25, -0.2) is 9.97 Å². The number of benzene rings is 1. The quantitative estimate of drug-likeness (QED) is 0.795. The molecule has 0 fully saturated rings. The molecule has 0 aliphatic rings. The van der Waals surface area contributed by atoms with E-state index in [1.54, 1.807) is 6.08 Å². The molecule has 0 atom stereocenters. The lowest BCUT2D eigenvalue weighted by molar-refractivity contribution is -0.136. The number of hydrogen-bond acceptors (Lipinski definition) is 4. The molecule has 0 radical (unpaired) electrons. The van der Waals surface area contributed by atoms with Crippen molar-refractivity contribution in [1.29, 1.82) is 0 Å². The molecule has 9 heteroatoms. The van der Waals surface area contributed by atoms with Gasteiger partial charge in [0.15, 0.2) is 0 Å². The fourth-order valence-electron chi connectivity index (χ4n) is 1.75. The Morgan fingerprint density at radius 2 is 1.96 bits per heavy atom. The molecule has 1 heterocycles. The SMILES string of the molecule is C=CCNc1ncc(C(=O)Nc2ccc(Cl)cc2C(F)(F)F)cn1. The number of hydrogen-bond donors (Lipinski definition) is 2. The average Bonchev–Trinajstić information content (AvgIpc) is 2.54. The van der Waals surface area contributed by atoms with E-state index in [1.807, 2.05) is 0 Å². The Hall–Kier alpha value is -2.61. The highest BCUT2D eigenvalue weighted by molar-refractivity contribution is 6.30. The van der Waals surface area contributed by atoms with Gasteiger partial charge < -0.3 is 10.6 Å². The summed E-state index contributed by atoms with van der Waals surface area (Å²) in [5.41, 5.74) is -1.42. The normalized spacial score (nSPS) is 11.0. The molecule has 0 aliphatic heterocycles. The van der Waals surface area contributed by atoms with Crippen LogP contribution in [0.3, 0.4) is 0 Å². The van der Waals surface area contributed by atoms with E-state index >= 15 is 0 Å².